The van der Waals surface area contributed by atoms with Crippen LogP contribution in [0.2, 0.25) is 0 Å². The molecule has 2 saturated heterocycles. The van der Waals surface area contributed by atoms with Crippen LogP contribution >= 0.6 is 0 Å². The van der Waals surface area contributed by atoms with Crippen molar-refractivity contribution in [1.82, 2.24) is 0 Å². The highest BCUT2D eigenvalue weighted by Crippen LogP contribution is 2.50. The predicted molar refractivity (Wildman–Crippen MR) is 57.8 cm³/mol. The minimum Gasteiger partial charge on any atom is -0.387 e. The molecular formula is C11H21NO4. The quantitative estimate of drug-likeness (QED) is 0.644. The lowest BCUT2D eigenvalue weighted by Gasteiger charge is -2.40. The summed E-state index contributed by atoms with van der Waals surface area (Å²) < 4.78 is 16.0. The van der Waals surface area contributed by atoms with Crippen molar-refractivity contribution in [2.45, 2.75) is 43.9 Å². The number of ether oxygens (including phenoxy) is 3. The van der Waals surface area contributed by atoms with Gasteiger partial charge in [0.15, 0.2) is 6.29 Å². The monoisotopic (exact) mass is 231 g/mol. The third-order valence-electron chi connectivity index (χ3n) is 4.05. The van der Waals surface area contributed by atoms with Gasteiger partial charge in [0.1, 0.15) is 6.10 Å². The number of nitrogens with two attached hydrogens (primary N) is 1. The van der Waals surface area contributed by atoms with Crippen molar-refractivity contribution < 1.29 is 19.3 Å². The summed E-state index contributed by atoms with van der Waals surface area (Å²) in [5, 5.41) is 10.4. The van der Waals surface area contributed by atoms with Crippen molar-refractivity contribution in [1.29, 1.82) is 0 Å². The smallest absolute Gasteiger partial charge is 0.183 e. The molecule has 0 radical (unpaired) electrons. The van der Waals surface area contributed by atoms with Gasteiger partial charge in [0.2, 0.25) is 0 Å². The number of rotatable bonds is 5. The van der Waals surface area contributed by atoms with Gasteiger partial charge >= 0.3 is 0 Å². The highest BCUT2D eigenvalue weighted by atomic mass is 16.7. The summed E-state index contributed by atoms with van der Waals surface area (Å²) in [6.07, 6.45) is 1.78. The van der Waals surface area contributed by atoms with Crippen molar-refractivity contribution in [3.05, 3.63) is 0 Å². The molecule has 4 atom stereocenters. The fourth-order valence-electron chi connectivity index (χ4n) is 3.11. The van der Waals surface area contributed by atoms with Crippen LogP contribution in [0.3, 0.4) is 0 Å². The number of aliphatic hydroxyl groups is 1. The third kappa shape index (κ3) is 1.67. The van der Waals surface area contributed by atoms with Crippen LogP contribution < -0.4 is 5.73 Å². The molecule has 0 saturated carbocycles. The molecule has 2 aliphatic rings. The van der Waals surface area contributed by atoms with E-state index in [0.29, 0.717) is 6.54 Å². The van der Waals surface area contributed by atoms with E-state index in [9.17, 15) is 5.11 Å². The predicted octanol–water partition coefficient (Wildman–Crippen LogP) is -0.137. The second-order valence-electron chi connectivity index (χ2n) is 4.75. The molecule has 2 rings (SSSR count). The fraction of sp³-hybridized carbons (Fsp3) is 1.00. The van der Waals surface area contributed by atoms with Crippen molar-refractivity contribution in [2.75, 3.05) is 20.8 Å². The zero-order valence-corrected chi connectivity index (χ0v) is 9.89. The average Bonchev–Trinajstić information content (AvgIpc) is 2.90. The van der Waals surface area contributed by atoms with Gasteiger partial charge < -0.3 is 25.1 Å². The van der Waals surface area contributed by atoms with Crippen LogP contribution in [0.1, 0.15) is 19.3 Å². The van der Waals surface area contributed by atoms with Gasteiger partial charge in [-0.3, -0.25) is 0 Å². The van der Waals surface area contributed by atoms with Crippen LogP contribution in [0.4, 0.5) is 0 Å². The topological polar surface area (TPSA) is 73.9 Å². The largest absolute Gasteiger partial charge is 0.387 e. The molecule has 3 N–H and O–H groups in total. The molecule has 4 unspecified atom stereocenters. The molecule has 94 valence electrons. The standard InChI is InChI=1S/C11H21NO4/c1-14-10(15-2)9(13)11(6-12)5-7-3-4-8(11)16-7/h7-10,13H,3-6,12H2,1-2H3. The number of fused-ring (bicyclic) bond motifs is 2. The number of aliphatic hydroxyl groups excluding tert-OH is 1. The molecule has 2 fully saturated rings. The molecule has 0 aromatic heterocycles. The lowest BCUT2D eigenvalue weighted by Crippen LogP contribution is -2.54. The zero-order chi connectivity index (χ0) is 11.8. The summed E-state index contributed by atoms with van der Waals surface area (Å²) in [6.45, 7) is 0.401. The van der Waals surface area contributed by atoms with Crippen LogP contribution in [0.25, 0.3) is 0 Å². The van der Waals surface area contributed by atoms with E-state index in [1.54, 1.807) is 0 Å². The highest BCUT2D eigenvalue weighted by Gasteiger charge is 2.57. The first kappa shape index (κ1) is 12.3. The summed E-state index contributed by atoms with van der Waals surface area (Å²) in [6, 6.07) is 0. The summed E-state index contributed by atoms with van der Waals surface area (Å²) in [7, 11) is 3.05. The highest BCUT2D eigenvalue weighted by molar-refractivity contribution is 5.05. The van der Waals surface area contributed by atoms with Crippen LogP contribution in [0, 0.1) is 5.41 Å². The molecule has 0 aromatic carbocycles. The minimum absolute atomic E-state index is 0.0466. The van der Waals surface area contributed by atoms with Crippen LogP contribution in [0.5, 0.6) is 0 Å². The maximum atomic E-state index is 10.4. The molecule has 16 heavy (non-hydrogen) atoms. The molecule has 0 spiro atoms. The summed E-state index contributed by atoms with van der Waals surface area (Å²) in [5.74, 6) is 0. The second-order valence-corrected chi connectivity index (χ2v) is 4.75. The van der Waals surface area contributed by atoms with E-state index in [4.69, 9.17) is 19.9 Å². The van der Waals surface area contributed by atoms with Gasteiger partial charge in [0.25, 0.3) is 0 Å². The normalized spacial score (nSPS) is 39.6. The molecule has 5 heteroatoms. The second kappa shape index (κ2) is 4.58. The van der Waals surface area contributed by atoms with E-state index in [-0.39, 0.29) is 12.2 Å². The van der Waals surface area contributed by atoms with Gasteiger partial charge in [-0.2, -0.15) is 0 Å². The van der Waals surface area contributed by atoms with E-state index >= 15 is 0 Å². The Balaban J connectivity index is 2.15. The Morgan fingerprint density at radius 3 is 2.50 bits per heavy atom. The van der Waals surface area contributed by atoms with Crippen molar-refractivity contribution in [2.24, 2.45) is 11.1 Å². The summed E-state index contributed by atoms with van der Waals surface area (Å²) >= 11 is 0. The molecule has 0 aromatic rings. The van der Waals surface area contributed by atoms with E-state index in [0.717, 1.165) is 19.3 Å². The number of hydrogen-bond donors (Lipinski definition) is 2. The van der Waals surface area contributed by atoms with Gasteiger partial charge in [-0.1, -0.05) is 0 Å². The van der Waals surface area contributed by atoms with Crippen molar-refractivity contribution >= 4 is 0 Å². The average molecular weight is 231 g/mol. The Morgan fingerprint density at radius 1 is 1.44 bits per heavy atom. The maximum absolute atomic E-state index is 10.4. The molecule has 0 amide bonds. The van der Waals surface area contributed by atoms with Gasteiger partial charge in [-0.05, 0) is 19.3 Å². The van der Waals surface area contributed by atoms with Gasteiger partial charge in [0, 0.05) is 26.2 Å². The summed E-state index contributed by atoms with van der Waals surface area (Å²) in [5.41, 5.74) is 5.45. The first-order chi connectivity index (χ1) is 7.67. The Morgan fingerprint density at radius 2 is 2.12 bits per heavy atom. The van der Waals surface area contributed by atoms with Crippen molar-refractivity contribution in [3.63, 3.8) is 0 Å². The van der Waals surface area contributed by atoms with Crippen LogP contribution in [-0.4, -0.2) is 50.5 Å². The van der Waals surface area contributed by atoms with E-state index in [1.165, 1.54) is 14.2 Å². The molecule has 5 nitrogen and oxygen atoms in total. The lowest BCUT2D eigenvalue weighted by molar-refractivity contribution is -0.204. The first-order valence-corrected chi connectivity index (χ1v) is 5.77. The maximum Gasteiger partial charge on any atom is 0.183 e. The van der Waals surface area contributed by atoms with Gasteiger partial charge in [0.05, 0.1) is 12.2 Å². The Kier molecular flexibility index (Phi) is 3.51. The van der Waals surface area contributed by atoms with E-state index < -0.39 is 17.8 Å². The van der Waals surface area contributed by atoms with Crippen LogP contribution in [-0.2, 0) is 14.2 Å². The molecule has 2 bridgehead atoms. The molecular weight excluding hydrogens is 210 g/mol. The van der Waals surface area contributed by atoms with Gasteiger partial charge in [-0.25, -0.2) is 0 Å². The molecule has 0 aliphatic carbocycles. The summed E-state index contributed by atoms with van der Waals surface area (Å²) in [4.78, 5) is 0. The number of methoxy groups -OCH3 is 2. The third-order valence-corrected chi connectivity index (χ3v) is 4.05. The van der Waals surface area contributed by atoms with Gasteiger partial charge in [-0.15, -0.1) is 0 Å². The van der Waals surface area contributed by atoms with Crippen molar-refractivity contribution in [3.8, 4) is 0 Å². The molecule has 2 heterocycles. The zero-order valence-electron chi connectivity index (χ0n) is 9.89. The number of hydrogen-bond acceptors (Lipinski definition) is 5. The van der Waals surface area contributed by atoms with E-state index in [1.807, 2.05) is 0 Å². The van der Waals surface area contributed by atoms with E-state index in [2.05, 4.69) is 0 Å². The minimum atomic E-state index is -0.734. The van der Waals surface area contributed by atoms with Crippen LogP contribution in [0.15, 0.2) is 0 Å². The SMILES string of the molecule is COC(OC)C(O)C1(CN)CC2CCC1O2. The fourth-order valence-corrected chi connectivity index (χ4v) is 3.11. The molecule has 2 aliphatic heterocycles. The lowest BCUT2D eigenvalue weighted by atomic mass is 9.69. The Labute approximate surface area is 95.9 Å². The first-order valence-electron chi connectivity index (χ1n) is 5.77. The Hall–Kier alpha value is -0.200. The Bertz CT molecular complexity index is 246.